The van der Waals surface area contributed by atoms with E-state index in [2.05, 4.69) is 4.98 Å². The molecule has 0 aliphatic carbocycles. The van der Waals surface area contributed by atoms with Crippen LogP contribution in [0.1, 0.15) is 11.3 Å². The van der Waals surface area contributed by atoms with Crippen molar-refractivity contribution in [3.8, 4) is 0 Å². The Morgan fingerprint density at radius 3 is 2.62 bits per heavy atom. The molecule has 0 N–H and O–H groups in total. The van der Waals surface area contributed by atoms with Crippen LogP contribution in [0.5, 0.6) is 0 Å². The SMILES string of the molecule is CS(=O)(=O)N(Cc1ccccn1)Cc1cc(Cl)ccc1F. The van der Waals surface area contributed by atoms with E-state index in [0.717, 1.165) is 10.6 Å². The van der Waals surface area contributed by atoms with Crippen molar-refractivity contribution in [2.45, 2.75) is 13.1 Å². The highest BCUT2D eigenvalue weighted by atomic mass is 35.5. The molecular weight excluding hydrogens is 315 g/mol. The summed E-state index contributed by atoms with van der Waals surface area (Å²) in [5, 5.41) is 0.359. The van der Waals surface area contributed by atoms with E-state index in [0.29, 0.717) is 10.7 Å². The Morgan fingerprint density at radius 2 is 2.00 bits per heavy atom. The molecule has 21 heavy (non-hydrogen) atoms. The van der Waals surface area contributed by atoms with Gasteiger partial charge in [-0.3, -0.25) is 4.98 Å². The number of pyridine rings is 1. The number of benzene rings is 1. The maximum atomic E-state index is 13.8. The van der Waals surface area contributed by atoms with Crippen molar-refractivity contribution in [1.29, 1.82) is 0 Å². The number of rotatable bonds is 5. The Bertz CT molecular complexity index is 723. The molecule has 0 atom stereocenters. The first-order valence-electron chi connectivity index (χ1n) is 6.15. The summed E-state index contributed by atoms with van der Waals surface area (Å²) in [5.74, 6) is -0.492. The van der Waals surface area contributed by atoms with Crippen molar-refractivity contribution < 1.29 is 12.8 Å². The summed E-state index contributed by atoms with van der Waals surface area (Å²) in [6.07, 6.45) is 2.66. The van der Waals surface area contributed by atoms with Crippen LogP contribution in [0, 0.1) is 5.82 Å². The quantitative estimate of drug-likeness (QED) is 0.848. The highest BCUT2D eigenvalue weighted by Crippen LogP contribution is 2.19. The van der Waals surface area contributed by atoms with Gasteiger partial charge >= 0.3 is 0 Å². The Kier molecular flexibility index (Phi) is 4.92. The fraction of sp³-hybridized carbons (Fsp3) is 0.214. The minimum absolute atomic E-state index is 0.0750. The molecule has 0 amide bonds. The molecule has 0 spiro atoms. The average Bonchev–Trinajstić information content (AvgIpc) is 2.42. The van der Waals surface area contributed by atoms with Gasteiger partial charge in [-0.2, -0.15) is 4.31 Å². The second kappa shape index (κ2) is 6.51. The molecule has 112 valence electrons. The molecule has 0 bridgehead atoms. The molecule has 2 aromatic rings. The first-order valence-corrected chi connectivity index (χ1v) is 8.38. The lowest BCUT2D eigenvalue weighted by Crippen LogP contribution is -2.29. The van der Waals surface area contributed by atoms with Crippen LogP contribution < -0.4 is 0 Å². The summed E-state index contributed by atoms with van der Waals surface area (Å²) in [6.45, 7) is -0.0204. The number of hydrogen-bond acceptors (Lipinski definition) is 3. The lowest BCUT2D eigenvalue weighted by atomic mass is 10.2. The van der Waals surface area contributed by atoms with Crippen LogP contribution in [0.2, 0.25) is 5.02 Å². The van der Waals surface area contributed by atoms with Crippen molar-refractivity contribution in [3.63, 3.8) is 0 Å². The van der Waals surface area contributed by atoms with E-state index in [1.807, 2.05) is 0 Å². The lowest BCUT2D eigenvalue weighted by molar-refractivity contribution is 0.393. The van der Waals surface area contributed by atoms with Crippen LogP contribution in [0.25, 0.3) is 0 Å². The molecule has 0 radical (unpaired) electrons. The predicted molar refractivity (Wildman–Crippen MR) is 79.7 cm³/mol. The van der Waals surface area contributed by atoms with E-state index >= 15 is 0 Å². The summed E-state index contributed by atoms with van der Waals surface area (Å²) in [7, 11) is -3.51. The van der Waals surface area contributed by atoms with E-state index < -0.39 is 15.8 Å². The van der Waals surface area contributed by atoms with Crippen molar-refractivity contribution in [2.24, 2.45) is 0 Å². The summed E-state index contributed by atoms with van der Waals surface area (Å²) in [4.78, 5) is 4.09. The van der Waals surface area contributed by atoms with E-state index in [-0.39, 0.29) is 18.7 Å². The molecule has 2 rings (SSSR count). The molecule has 0 aliphatic heterocycles. The maximum absolute atomic E-state index is 13.8. The van der Waals surface area contributed by atoms with Gasteiger partial charge in [0.1, 0.15) is 5.82 Å². The van der Waals surface area contributed by atoms with Gasteiger partial charge in [-0.05, 0) is 30.3 Å². The minimum atomic E-state index is -3.51. The zero-order valence-electron chi connectivity index (χ0n) is 11.3. The molecule has 1 heterocycles. The summed E-state index contributed by atoms with van der Waals surface area (Å²) >= 11 is 5.83. The first kappa shape index (κ1) is 15.9. The fourth-order valence-corrected chi connectivity index (χ4v) is 2.75. The Hall–Kier alpha value is -1.50. The maximum Gasteiger partial charge on any atom is 0.211 e. The molecule has 0 fully saturated rings. The largest absolute Gasteiger partial charge is 0.260 e. The number of hydrogen-bond donors (Lipinski definition) is 0. The van der Waals surface area contributed by atoms with Crippen molar-refractivity contribution in [1.82, 2.24) is 9.29 Å². The monoisotopic (exact) mass is 328 g/mol. The zero-order chi connectivity index (χ0) is 15.5. The number of nitrogens with zero attached hydrogens (tertiary/aromatic N) is 2. The van der Waals surface area contributed by atoms with Crippen LogP contribution in [0.4, 0.5) is 4.39 Å². The molecule has 1 aromatic heterocycles. The standard InChI is InChI=1S/C14H14ClFN2O2S/c1-21(19,20)18(10-13-4-2-3-7-17-13)9-11-8-12(15)5-6-14(11)16/h2-8H,9-10H2,1H3. The first-order chi connectivity index (χ1) is 9.86. The average molecular weight is 329 g/mol. The normalized spacial score (nSPS) is 11.8. The molecule has 0 saturated heterocycles. The van der Waals surface area contributed by atoms with Crippen molar-refractivity contribution in [3.05, 3.63) is 64.7 Å². The number of halogens is 2. The molecule has 0 aliphatic rings. The number of aromatic nitrogens is 1. The predicted octanol–water partition coefficient (Wildman–Crippen LogP) is 2.84. The second-order valence-electron chi connectivity index (χ2n) is 4.59. The molecular formula is C14H14ClFN2O2S. The Labute approximate surface area is 128 Å². The highest BCUT2D eigenvalue weighted by molar-refractivity contribution is 7.88. The fourth-order valence-electron chi connectivity index (χ4n) is 1.82. The van der Waals surface area contributed by atoms with Gasteiger partial charge < -0.3 is 0 Å². The van der Waals surface area contributed by atoms with Crippen molar-refractivity contribution in [2.75, 3.05) is 6.26 Å². The molecule has 7 heteroatoms. The molecule has 1 aromatic carbocycles. The van der Waals surface area contributed by atoms with E-state index in [9.17, 15) is 12.8 Å². The summed E-state index contributed by atoms with van der Waals surface area (Å²) < 4.78 is 38.7. The Balaban J connectivity index is 2.27. The molecule has 0 saturated carbocycles. The van der Waals surface area contributed by atoms with E-state index in [4.69, 9.17) is 11.6 Å². The van der Waals surface area contributed by atoms with Crippen LogP contribution >= 0.6 is 11.6 Å². The van der Waals surface area contributed by atoms with Gasteiger partial charge in [0.25, 0.3) is 0 Å². The van der Waals surface area contributed by atoms with Crippen LogP contribution in [-0.4, -0.2) is 24.0 Å². The van der Waals surface area contributed by atoms with Gasteiger partial charge in [-0.1, -0.05) is 17.7 Å². The number of sulfonamides is 1. The van der Waals surface area contributed by atoms with Gasteiger partial charge in [0.2, 0.25) is 10.0 Å². The van der Waals surface area contributed by atoms with E-state index in [1.165, 1.54) is 18.2 Å². The smallest absolute Gasteiger partial charge is 0.211 e. The van der Waals surface area contributed by atoms with Crippen molar-refractivity contribution >= 4 is 21.6 Å². The van der Waals surface area contributed by atoms with Gasteiger partial charge in [0.05, 0.1) is 18.5 Å². The molecule has 4 nitrogen and oxygen atoms in total. The second-order valence-corrected chi connectivity index (χ2v) is 7.01. The van der Waals surface area contributed by atoms with Gasteiger partial charge in [0, 0.05) is 23.3 Å². The topological polar surface area (TPSA) is 50.3 Å². The molecule has 0 unspecified atom stereocenters. The third kappa shape index (κ3) is 4.49. The lowest BCUT2D eigenvalue weighted by Gasteiger charge is -2.20. The van der Waals surface area contributed by atoms with Gasteiger partial charge in [-0.15, -0.1) is 0 Å². The van der Waals surface area contributed by atoms with Gasteiger partial charge in [0.15, 0.2) is 0 Å². The Morgan fingerprint density at radius 1 is 1.24 bits per heavy atom. The third-order valence-electron chi connectivity index (χ3n) is 2.89. The van der Waals surface area contributed by atoms with E-state index in [1.54, 1.807) is 24.4 Å². The van der Waals surface area contributed by atoms with Crippen LogP contribution in [0.3, 0.4) is 0 Å². The van der Waals surface area contributed by atoms with Crippen LogP contribution in [0.15, 0.2) is 42.6 Å². The zero-order valence-corrected chi connectivity index (χ0v) is 12.9. The minimum Gasteiger partial charge on any atom is -0.260 e. The summed E-state index contributed by atoms with van der Waals surface area (Å²) in [5.41, 5.74) is 0.814. The summed E-state index contributed by atoms with van der Waals surface area (Å²) in [6, 6.07) is 9.29. The highest BCUT2D eigenvalue weighted by Gasteiger charge is 2.19. The van der Waals surface area contributed by atoms with Gasteiger partial charge in [-0.25, -0.2) is 12.8 Å². The third-order valence-corrected chi connectivity index (χ3v) is 4.32. The van der Waals surface area contributed by atoms with Crippen LogP contribution in [-0.2, 0) is 23.1 Å².